The van der Waals surface area contributed by atoms with Gasteiger partial charge in [0.1, 0.15) is 0 Å². The van der Waals surface area contributed by atoms with Crippen LogP contribution in [0.1, 0.15) is 0 Å². The van der Waals surface area contributed by atoms with E-state index in [-0.39, 0.29) is 5.95 Å². The van der Waals surface area contributed by atoms with Crippen molar-refractivity contribution in [1.29, 1.82) is 0 Å². The first-order chi connectivity index (χ1) is 10.1. The molecule has 0 atom stereocenters. The van der Waals surface area contributed by atoms with Crippen LogP contribution in [0.15, 0.2) is 47.4 Å². The number of benzene rings is 2. The Morgan fingerprint density at radius 2 is 1.95 bits per heavy atom. The van der Waals surface area contributed by atoms with Crippen molar-refractivity contribution >= 4 is 51.3 Å². The van der Waals surface area contributed by atoms with Crippen molar-refractivity contribution in [3.8, 4) is 5.69 Å². The standard InChI is InChI=1S/C14H10F2IN3S/c15-13(16)21-12-4-2-1-3-11(12)20-10-6-5-8(17)7-9(10)19-14(20)18/h1-7,13H,(H2,18,19). The zero-order chi connectivity index (χ0) is 15.0. The number of rotatable bonds is 3. The minimum atomic E-state index is -2.48. The van der Waals surface area contributed by atoms with Gasteiger partial charge in [-0.1, -0.05) is 23.9 Å². The maximum absolute atomic E-state index is 12.7. The van der Waals surface area contributed by atoms with Gasteiger partial charge in [-0.25, -0.2) is 4.98 Å². The van der Waals surface area contributed by atoms with E-state index in [0.717, 1.165) is 14.6 Å². The Morgan fingerprint density at radius 1 is 1.19 bits per heavy atom. The Morgan fingerprint density at radius 3 is 2.71 bits per heavy atom. The summed E-state index contributed by atoms with van der Waals surface area (Å²) in [5.41, 5.74) is 8.15. The van der Waals surface area contributed by atoms with Gasteiger partial charge in [0, 0.05) is 8.47 Å². The highest BCUT2D eigenvalue weighted by Crippen LogP contribution is 2.34. The van der Waals surface area contributed by atoms with Crippen LogP contribution in [0, 0.1) is 3.57 Å². The lowest BCUT2D eigenvalue weighted by Crippen LogP contribution is -2.02. The lowest BCUT2D eigenvalue weighted by molar-refractivity contribution is 0.252. The van der Waals surface area contributed by atoms with E-state index in [0.29, 0.717) is 22.3 Å². The van der Waals surface area contributed by atoms with Crippen LogP contribution in [-0.2, 0) is 0 Å². The molecule has 0 bridgehead atoms. The van der Waals surface area contributed by atoms with E-state index in [1.54, 1.807) is 28.8 Å². The molecule has 21 heavy (non-hydrogen) atoms. The molecule has 108 valence electrons. The second-order valence-corrected chi connectivity index (χ2v) is 6.56. The SMILES string of the molecule is Nc1nc2cc(I)ccc2n1-c1ccccc1SC(F)F. The van der Waals surface area contributed by atoms with E-state index >= 15 is 0 Å². The van der Waals surface area contributed by atoms with Gasteiger partial charge in [-0.05, 0) is 52.9 Å². The molecule has 1 aromatic heterocycles. The molecule has 3 nitrogen and oxygen atoms in total. The summed E-state index contributed by atoms with van der Waals surface area (Å²) in [5, 5.41) is 0. The average molecular weight is 417 g/mol. The molecule has 0 aliphatic rings. The van der Waals surface area contributed by atoms with Crippen molar-refractivity contribution < 1.29 is 8.78 Å². The number of aromatic nitrogens is 2. The molecule has 0 aliphatic heterocycles. The Hall–Kier alpha value is -1.35. The topological polar surface area (TPSA) is 43.8 Å². The third-order valence-corrected chi connectivity index (χ3v) is 4.41. The van der Waals surface area contributed by atoms with Crippen LogP contribution in [0.25, 0.3) is 16.7 Å². The van der Waals surface area contributed by atoms with E-state index in [9.17, 15) is 8.78 Å². The molecule has 0 amide bonds. The van der Waals surface area contributed by atoms with E-state index < -0.39 is 5.76 Å². The number of hydrogen-bond acceptors (Lipinski definition) is 3. The number of anilines is 1. The number of nitrogen functional groups attached to an aromatic ring is 1. The summed E-state index contributed by atoms with van der Waals surface area (Å²) in [5.74, 6) is -2.20. The molecule has 0 unspecified atom stereocenters. The largest absolute Gasteiger partial charge is 0.369 e. The summed E-state index contributed by atoms with van der Waals surface area (Å²) in [7, 11) is 0. The van der Waals surface area contributed by atoms with Crippen LogP contribution in [0.5, 0.6) is 0 Å². The monoisotopic (exact) mass is 417 g/mol. The molecule has 0 saturated heterocycles. The van der Waals surface area contributed by atoms with Gasteiger partial charge in [0.25, 0.3) is 5.76 Å². The van der Waals surface area contributed by atoms with E-state index in [1.165, 1.54) is 0 Å². The maximum Gasteiger partial charge on any atom is 0.288 e. The van der Waals surface area contributed by atoms with Gasteiger partial charge >= 0.3 is 0 Å². The van der Waals surface area contributed by atoms with Crippen molar-refractivity contribution in [2.45, 2.75) is 10.7 Å². The van der Waals surface area contributed by atoms with Crippen molar-refractivity contribution in [3.63, 3.8) is 0 Å². The molecule has 1 heterocycles. The summed E-state index contributed by atoms with van der Waals surface area (Å²) in [6, 6.07) is 12.7. The van der Waals surface area contributed by atoms with Crippen LogP contribution < -0.4 is 5.73 Å². The highest BCUT2D eigenvalue weighted by molar-refractivity contribution is 14.1. The van der Waals surface area contributed by atoms with Crippen molar-refractivity contribution in [2.24, 2.45) is 0 Å². The molecular weight excluding hydrogens is 407 g/mol. The average Bonchev–Trinajstić information content (AvgIpc) is 2.74. The maximum atomic E-state index is 12.7. The molecule has 0 saturated carbocycles. The van der Waals surface area contributed by atoms with Crippen LogP contribution >= 0.6 is 34.4 Å². The molecule has 0 aliphatic carbocycles. The third-order valence-electron chi connectivity index (χ3n) is 2.96. The van der Waals surface area contributed by atoms with Crippen molar-refractivity contribution in [2.75, 3.05) is 5.73 Å². The Balaban J connectivity index is 2.23. The molecule has 2 aromatic carbocycles. The van der Waals surface area contributed by atoms with Crippen molar-refractivity contribution in [3.05, 3.63) is 46.0 Å². The van der Waals surface area contributed by atoms with Gasteiger partial charge in [-0.3, -0.25) is 4.57 Å². The summed E-state index contributed by atoms with van der Waals surface area (Å²) >= 11 is 2.70. The van der Waals surface area contributed by atoms with Crippen LogP contribution in [0.2, 0.25) is 0 Å². The Bertz CT molecular complexity index is 804. The number of nitrogens with two attached hydrogens (primary N) is 1. The zero-order valence-corrected chi connectivity index (χ0v) is 13.6. The second-order valence-electron chi connectivity index (χ2n) is 4.28. The molecule has 3 rings (SSSR count). The number of alkyl halides is 2. The van der Waals surface area contributed by atoms with Crippen LogP contribution in [0.4, 0.5) is 14.7 Å². The Labute approximate surface area is 137 Å². The minimum absolute atomic E-state index is 0.286. The predicted molar refractivity (Wildman–Crippen MR) is 90.1 cm³/mol. The molecule has 0 radical (unpaired) electrons. The normalized spacial score (nSPS) is 11.4. The van der Waals surface area contributed by atoms with Gasteiger partial charge in [-0.15, -0.1) is 0 Å². The van der Waals surface area contributed by atoms with Crippen LogP contribution in [0.3, 0.4) is 0 Å². The third kappa shape index (κ3) is 2.84. The second kappa shape index (κ2) is 5.80. The number of fused-ring (bicyclic) bond motifs is 1. The first-order valence-corrected chi connectivity index (χ1v) is 8.00. The van der Waals surface area contributed by atoms with Gasteiger partial charge in [0.2, 0.25) is 5.95 Å². The number of imidazole rings is 1. The summed E-state index contributed by atoms with van der Waals surface area (Å²) in [6.45, 7) is 0. The lowest BCUT2D eigenvalue weighted by Gasteiger charge is -2.11. The molecule has 2 N–H and O–H groups in total. The first kappa shape index (κ1) is 14.6. The molecule has 7 heteroatoms. The van der Waals surface area contributed by atoms with Gasteiger partial charge in [-0.2, -0.15) is 8.78 Å². The number of halogens is 3. The number of para-hydroxylation sites is 1. The highest BCUT2D eigenvalue weighted by Gasteiger charge is 2.16. The molecule has 0 fully saturated rings. The fourth-order valence-corrected chi connectivity index (χ4v) is 3.27. The first-order valence-electron chi connectivity index (χ1n) is 6.04. The lowest BCUT2D eigenvalue weighted by atomic mass is 10.3. The Kier molecular flexibility index (Phi) is 4.03. The van der Waals surface area contributed by atoms with Crippen molar-refractivity contribution in [1.82, 2.24) is 9.55 Å². The van der Waals surface area contributed by atoms with Gasteiger partial charge < -0.3 is 5.73 Å². The summed E-state index contributed by atoms with van der Waals surface area (Å²) in [4.78, 5) is 4.78. The fourth-order valence-electron chi connectivity index (χ4n) is 2.16. The number of nitrogens with zero attached hydrogens (tertiary/aromatic N) is 2. The fraction of sp³-hybridized carbons (Fsp3) is 0.0714. The number of thioether (sulfide) groups is 1. The quantitative estimate of drug-likeness (QED) is 0.503. The van der Waals surface area contributed by atoms with Crippen LogP contribution in [-0.4, -0.2) is 15.3 Å². The van der Waals surface area contributed by atoms with E-state index in [2.05, 4.69) is 27.6 Å². The zero-order valence-electron chi connectivity index (χ0n) is 10.6. The van der Waals surface area contributed by atoms with E-state index in [4.69, 9.17) is 5.73 Å². The van der Waals surface area contributed by atoms with Gasteiger partial charge in [0.15, 0.2) is 0 Å². The smallest absolute Gasteiger partial charge is 0.288 e. The molecular formula is C14H10F2IN3S. The molecule has 3 aromatic rings. The summed E-state index contributed by atoms with van der Waals surface area (Å²) in [6.07, 6.45) is 0. The van der Waals surface area contributed by atoms with E-state index in [1.807, 2.05) is 18.2 Å². The van der Waals surface area contributed by atoms with Gasteiger partial charge in [0.05, 0.1) is 16.7 Å². The number of hydrogen-bond donors (Lipinski definition) is 1. The highest BCUT2D eigenvalue weighted by atomic mass is 127. The minimum Gasteiger partial charge on any atom is -0.369 e. The molecule has 0 spiro atoms. The predicted octanol–water partition coefficient (Wildman–Crippen LogP) is 4.53. The summed E-state index contributed by atoms with van der Waals surface area (Å²) < 4.78 is 28.2.